The molecule has 2 rings (SSSR count). The highest BCUT2D eigenvalue weighted by Crippen LogP contribution is 2.18. The van der Waals surface area contributed by atoms with E-state index in [0.717, 1.165) is 11.3 Å². The van der Waals surface area contributed by atoms with Crippen molar-refractivity contribution >= 4 is 17.5 Å². The lowest BCUT2D eigenvalue weighted by Gasteiger charge is -2.08. The largest absolute Gasteiger partial charge is 0.473 e. The van der Waals surface area contributed by atoms with E-state index in [2.05, 4.69) is 15.3 Å². The molecule has 2 aromatic rings. The zero-order chi connectivity index (χ0) is 13.0. The molecule has 94 valence electrons. The SMILES string of the molecule is CNc1nc(C)cc(OCc2ccccc2Cl)n1. The predicted molar refractivity (Wildman–Crippen MR) is 72.1 cm³/mol. The minimum atomic E-state index is 0.388. The first-order valence-corrected chi connectivity index (χ1v) is 5.96. The van der Waals surface area contributed by atoms with Gasteiger partial charge >= 0.3 is 0 Å². The first-order chi connectivity index (χ1) is 8.69. The van der Waals surface area contributed by atoms with Crippen molar-refractivity contribution in [3.8, 4) is 5.88 Å². The van der Waals surface area contributed by atoms with Gasteiger partial charge in [0.1, 0.15) is 6.61 Å². The minimum Gasteiger partial charge on any atom is -0.473 e. The molecule has 0 aliphatic rings. The zero-order valence-electron chi connectivity index (χ0n) is 10.3. The zero-order valence-corrected chi connectivity index (χ0v) is 11.0. The number of ether oxygens (including phenoxy) is 1. The predicted octanol–water partition coefficient (Wildman–Crippen LogP) is 3.06. The Morgan fingerprint density at radius 1 is 1.28 bits per heavy atom. The summed E-state index contributed by atoms with van der Waals surface area (Å²) < 4.78 is 5.62. The molecule has 0 spiro atoms. The monoisotopic (exact) mass is 263 g/mol. The second-order valence-corrected chi connectivity index (χ2v) is 4.21. The summed E-state index contributed by atoms with van der Waals surface area (Å²) in [6.45, 7) is 2.28. The number of hydrogen-bond donors (Lipinski definition) is 1. The molecule has 1 N–H and O–H groups in total. The fraction of sp³-hybridized carbons (Fsp3) is 0.231. The number of aryl methyl sites for hydroxylation is 1. The van der Waals surface area contributed by atoms with E-state index < -0.39 is 0 Å². The molecule has 1 aromatic carbocycles. The van der Waals surface area contributed by atoms with Crippen LogP contribution in [0.2, 0.25) is 5.02 Å². The Hall–Kier alpha value is -1.81. The molecule has 0 aliphatic carbocycles. The molecule has 0 fully saturated rings. The van der Waals surface area contributed by atoms with Crippen LogP contribution in [0.15, 0.2) is 30.3 Å². The van der Waals surface area contributed by atoms with Gasteiger partial charge in [-0.25, -0.2) is 4.98 Å². The van der Waals surface area contributed by atoms with Crippen molar-refractivity contribution in [2.24, 2.45) is 0 Å². The Morgan fingerprint density at radius 2 is 2.06 bits per heavy atom. The van der Waals surface area contributed by atoms with E-state index in [1.165, 1.54) is 0 Å². The molecule has 0 unspecified atom stereocenters. The molecule has 0 saturated heterocycles. The van der Waals surface area contributed by atoms with Crippen molar-refractivity contribution in [3.63, 3.8) is 0 Å². The normalized spacial score (nSPS) is 10.2. The fourth-order valence-electron chi connectivity index (χ4n) is 1.49. The van der Waals surface area contributed by atoms with Crippen LogP contribution in [0, 0.1) is 6.92 Å². The van der Waals surface area contributed by atoms with E-state index in [1.807, 2.05) is 31.2 Å². The topological polar surface area (TPSA) is 47.0 Å². The summed E-state index contributed by atoms with van der Waals surface area (Å²) in [6.07, 6.45) is 0. The third-order valence-corrected chi connectivity index (χ3v) is 2.76. The molecule has 5 heteroatoms. The standard InChI is InChI=1S/C13H14ClN3O/c1-9-7-12(17-13(15-2)16-9)18-8-10-5-3-4-6-11(10)14/h3-7H,8H2,1-2H3,(H,15,16,17). The van der Waals surface area contributed by atoms with Crippen LogP contribution in [0.5, 0.6) is 5.88 Å². The Balaban J connectivity index is 2.11. The third kappa shape index (κ3) is 3.11. The van der Waals surface area contributed by atoms with Crippen LogP contribution in [0.4, 0.5) is 5.95 Å². The first-order valence-electron chi connectivity index (χ1n) is 5.58. The second kappa shape index (κ2) is 5.69. The van der Waals surface area contributed by atoms with Gasteiger partial charge in [0.05, 0.1) is 0 Å². The van der Waals surface area contributed by atoms with Gasteiger partial charge in [-0.05, 0) is 13.0 Å². The number of rotatable bonds is 4. The van der Waals surface area contributed by atoms with Gasteiger partial charge in [-0.2, -0.15) is 4.98 Å². The van der Waals surface area contributed by atoms with E-state index in [0.29, 0.717) is 23.5 Å². The maximum absolute atomic E-state index is 6.06. The summed E-state index contributed by atoms with van der Waals surface area (Å²) in [4.78, 5) is 8.41. The van der Waals surface area contributed by atoms with Gasteiger partial charge in [0.2, 0.25) is 11.8 Å². The number of halogens is 1. The van der Waals surface area contributed by atoms with Crippen LogP contribution in [0.3, 0.4) is 0 Å². The summed E-state index contributed by atoms with van der Waals surface area (Å²) in [7, 11) is 1.77. The van der Waals surface area contributed by atoms with E-state index in [4.69, 9.17) is 16.3 Å². The highest BCUT2D eigenvalue weighted by Gasteiger charge is 2.04. The molecule has 0 aliphatic heterocycles. The molecular formula is C13H14ClN3O. The van der Waals surface area contributed by atoms with Crippen LogP contribution in [-0.2, 0) is 6.61 Å². The fourth-order valence-corrected chi connectivity index (χ4v) is 1.68. The lowest BCUT2D eigenvalue weighted by Crippen LogP contribution is -2.03. The maximum atomic E-state index is 6.06. The Kier molecular flexibility index (Phi) is 3.99. The third-order valence-electron chi connectivity index (χ3n) is 2.39. The number of benzene rings is 1. The van der Waals surface area contributed by atoms with Gasteiger partial charge in [0.25, 0.3) is 0 Å². The number of aromatic nitrogens is 2. The van der Waals surface area contributed by atoms with Crippen molar-refractivity contribution in [1.82, 2.24) is 9.97 Å². The highest BCUT2D eigenvalue weighted by molar-refractivity contribution is 6.31. The summed E-state index contributed by atoms with van der Waals surface area (Å²) in [6, 6.07) is 9.37. The number of hydrogen-bond acceptors (Lipinski definition) is 4. The molecule has 18 heavy (non-hydrogen) atoms. The molecule has 0 bridgehead atoms. The van der Waals surface area contributed by atoms with Gasteiger partial charge < -0.3 is 10.1 Å². The minimum absolute atomic E-state index is 0.388. The molecule has 0 amide bonds. The summed E-state index contributed by atoms with van der Waals surface area (Å²) in [5, 5.41) is 3.58. The molecule has 0 atom stereocenters. The van der Waals surface area contributed by atoms with Gasteiger partial charge in [-0.15, -0.1) is 0 Å². The van der Waals surface area contributed by atoms with Crippen molar-refractivity contribution < 1.29 is 4.74 Å². The lowest BCUT2D eigenvalue weighted by atomic mass is 10.2. The Bertz CT molecular complexity index is 546. The average molecular weight is 264 g/mol. The van der Waals surface area contributed by atoms with E-state index in [9.17, 15) is 0 Å². The highest BCUT2D eigenvalue weighted by atomic mass is 35.5. The van der Waals surface area contributed by atoms with Crippen molar-refractivity contribution in [1.29, 1.82) is 0 Å². The van der Waals surface area contributed by atoms with Crippen molar-refractivity contribution in [3.05, 3.63) is 46.6 Å². The summed E-state index contributed by atoms with van der Waals surface area (Å²) in [5.74, 6) is 1.08. The van der Waals surface area contributed by atoms with Crippen LogP contribution in [-0.4, -0.2) is 17.0 Å². The van der Waals surface area contributed by atoms with Crippen LogP contribution in [0.25, 0.3) is 0 Å². The first kappa shape index (κ1) is 12.6. The van der Waals surface area contributed by atoms with Gasteiger partial charge in [0, 0.05) is 29.4 Å². The molecule has 0 radical (unpaired) electrons. The molecule has 1 aromatic heterocycles. The molecule has 0 saturated carbocycles. The smallest absolute Gasteiger partial charge is 0.225 e. The van der Waals surface area contributed by atoms with Crippen LogP contribution < -0.4 is 10.1 Å². The molecule has 1 heterocycles. The lowest BCUT2D eigenvalue weighted by molar-refractivity contribution is 0.293. The number of nitrogens with zero attached hydrogens (tertiary/aromatic N) is 2. The van der Waals surface area contributed by atoms with Gasteiger partial charge in [0.15, 0.2) is 0 Å². The maximum Gasteiger partial charge on any atom is 0.225 e. The van der Waals surface area contributed by atoms with Crippen molar-refractivity contribution in [2.45, 2.75) is 13.5 Å². The van der Waals surface area contributed by atoms with E-state index in [1.54, 1.807) is 13.1 Å². The summed E-state index contributed by atoms with van der Waals surface area (Å²) >= 11 is 6.06. The quantitative estimate of drug-likeness (QED) is 0.921. The van der Waals surface area contributed by atoms with Crippen LogP contribution in [0.1, 0.15) is 11.3 Å². The van der Waals surface area contributed by atoms with Crippen LogP contribution >= 0.6 is 11.6 Å². The van der Waals surface area contributed by atoms with Gasteiger partial charge in [-0.3, -0.25) is 0 Å². The van der Waals surface area contributed by atoms with Gasteiger partial charge in [-0.1, -0.05) is 29.8 Å². The Labute approximate surface area is 111 Å². The molecular weight excluding hydrogens is 250 g/mol. The second-order valence-electron chi connectivity index (χ2n) is 3.80. The number of nitrogens with one attached hydrogen (secondary N) is 1. The van der Waals surface area contributed by atoms with E-state index in [-0.39, 0.29) is 0 Å². The molecule has 4 nitrogen and oxygen atoms in total. The van der Waals surface area contributed by atoms with E-state index >= 15 is 0 Å². The van der Waals surface area contributed by atoms with Crippen molar-refractivity contribution in [2.75, 3.05) is 12.4 Å². The Morgan fingerprint density at radius 3 is 2.78 bits per heavy atom. The summed E-state index contributed by atoms with van der Waals surface area (Å²) in [5.41, 5.74) is 1.78. The number of anilines is 1. The average Bonchev–Trinajstić information content (AvgIpc) is 2.37.